The van der Waals surface area contributed by atoms with E-state index in [0.29, 0.717) is 0 Å². The number of carbonyl (C=O) groups excluding carboxylic acids is 1. The largest absolute Gasteiger partial charge is 2.00 e. The van der Waals surface area contributed by atoms with E-state index in [4.69, 9.17) is 34.3 Å². The number of phosphoric acid groups is 1. The molecule has 0 bridgehead atoms. The number of hydrogen-bond acceptors (Lipinski definition) is 7. The molecule has 0 spiro atoms. The number of rotatable bonds is 0. The second-order valence-electron chi connectivity index (χ2n) is 0.697. The zero-order valence-electron chi connectivity index (χ0n) is 4.89. The van der Waals surface area contributed by atoms with Crippen molar-refractivity contribution >= 4 is 51.7 Å². The van der Waals surface area contributed by atoms with E-state index in [-0.39, 0.29) is 42.4 Å². The molecule has 0 atom stereocenters. The predicted molar refractivity (Wildman–Crippen MR) is 18.8 cm³/mol. The van der Waals surface area contributed by atoms with Crippen LogP contribution in [0.15, 0.2) is 0 Å². The third-order valence-electron chi connectivity index (χ3n) is 0. The van der Waals surface area contributed by atoms with Crippen molar-refractivity contribution in [3.8, 4) is 0 Å². The van der Waals surface area contributed by atoms with Gasteiger partial charge in [-0.3, -0.25) is 0 Å². The van der Waals surface area contributed by atoms with Gasteiger partial charge in [-0.15, -0.1) is 0 Å². The smallest absolute Gasteiger partial charge is 1.00 e. The molecular weight excluding hydrogens is 214 g/mol. The van der Waals surface area contributed by atoms with Crippen LogP contribution in [0.2, 0.25) is 0 Å². The third kappa shape index (κ3) is 2390. The van der Waals surface area contributed by atoms with Crippen LogP contribution in [0.4, 0.5) is 4.79 Å². The molecule has 0 rings (SSSR count). The topological polar surface area (TPSA) is 149 Å². The van der Waals surface area contributed by atoms with Crippen LogP contribution in [0.25, 0.3) is 0 Å². The molecule has 64 valence electrons. The van der Waals surface area contributed by atoms with Gasteiger partial charge in [0.2, 0.25) is 0 Å². The van der Waals surface area contributed by atoms with Gasteiger partial charge < -0.3 is 39.0 Å². The Morgan fingerprint density at radius 1 is 1.09 bits per heavy atom. The van der Waals surface area contributed by atoms with E-state index in [0.717, 1.165) is 0 Å². The van der Waals surface area contributed by atoms with Crippen molar-refractivity contribution in [3.63, 3.8) is 0 Å². The molecule has 0 aromatic heterocycles. The Hall–Kier alpha value is 0.570. The second-order valence-corrected chi connectivity index (χ2v) is 1.59. The van der Waals surface area contributed by atoms with E-state index < -0.39 is 14.0 Å². The molecule has 0 saturated carbocycles. The van der Waals surface area contributed by atoms with Gasteiger partial charge in [-0.05, 0) is 6.16 Å². The van der Waals surface area contributed by atoms with Gasteiger partial charge in [-0.1, -0.05) is 0 Å². The summed E-state index contributed by atoms with van der Waals surface area (Å²) in [5.74, 6) is 0. The number of halogens is 1. The summed E-state index contributed by atoms with van der Waals surface area (Å²) in [4.78, 5) is 34.0. The minimum absolute atomic E-state index is 0. The molecule has 0 aromatic rings. The summed E-state index contributed by atoms with van der Waals surface area (Å²) in [6, 6.07) is 0. The van der Waals surface area contributed by atoms with Crippen molar-refractivity contribution < 1.29 is 39.0 Å². The van der Waals surface area contributed by atoms with Gasteiger partial charge in [0.1, 0.15) is 0 Å². The summed E-state index contributed by atoms with van der Waals surface area (Å²) in [6.07, 6.45) is -2.33. The summed E-state index contributed by atoms with van der Waals surface area (Å²) < 4.78 is 8.55. The van der Waals surface area contributed by atoms with Crippen molar-refractivity contribution in [2.45, 2.75) is 0 Å². The number of carboxylic acid groups (broad SMARTS) is 2. The minimum Gasteiger partial charge on any atom is -1.00 e. The Kier molecular flexibility index (Phi) is 21.7. The van der Waals surface area contributed by atoms with E-state index >= 15 is 0 Å². The molecular formula is CCaFO7P-4. The fraction of sp³-hybridized carbons (Fsp3) is 0. The van der Waals surface area contributed by atoms with E-state index in [1.54, 1.807) is 0 Å². The van der Waals surface area contributed by atoms with Crippen LogP contribution in [0.5, 0.6) is 0 Å². The molecule has 0 aromatic carbocycles. The molecule has 0 heterocycles. The van der Waals surface area contributed by atoms with Gasteiger partial charge >= 0.3 is 37.7 Å². The minimum atomic E-state index is -5.39. The fourth-order valence-electron chi connectivity index (χ4n) is 0. The first-order valence-corrected chi connectivity index (χ1v) is 2.80. The van der Waals surface area contributed by atoms with E-state index in [1.165, 1.54) is 0 Å². The average molecular weight is 214 g/mol. The Bertz CT molecular complexity index is 118. The summed E-state index contributed by atoms with van der Waals surface area (Å²) >= 11 is 0. The van der Waals surface area contributed by atoms with Crippen LogP contribution in [0.1, 0.15) is 0 Å². The van der Waals surface area contributed by atoms with Gasteiger partial charge in [0.15, 0.2) is 0 Å². The van der Waals surface area contributed by atoms with Gasteiger partial charge in [0.05, 0.1) is 0 Å². The van der Waals surface area contributed by atoms with Crippen LogP contribution >= 0.6 is 7.82 Å². The zero-order valence-corrected chi connectivity index (χ0v) is 7.99. The quantitative estimate of drug-likeness (QED) is 0.287. The summed E-state index contributed by atoms with van der Waals surface area (Å²) in [7, 11) is -5.39. The van der Waals surface area contributed by atoms with Gasteiger partial charge in [-0.2, -0.15) is 7.82 Å². The Balaban J connectivity index is -0.0000000383. The first-order chi connectivity index (χ1) is 3.73. The molecule has 0 amide bonds. The van der Waals surface area contributed by atoms with Crippen LogP contribution in [-0.2, 0) is 4.57 Å². The summed E-state index contributed by atoms with van der Waals surface area (Å²) in [6.45, 7) is 0. The molecule has 0 aliphatic heterocycles. The Morgan fingerprint density at radius 2 is 1.09 bits per heavy atom. The van der Waals surface area contributed by atoms with Crippen molar-refractivity contribution in [1.82, 2.24) is 0 Å². The fourth-order valence-corrected chi connectivity index (χ4v) is 0. The van der Waals surface area contributed by atoms with Gasteiger partial charge in [0, 0.05) is 0 Å². The first kappa shape index (κ1) is 22.6. The molecule has 0 fully saturated rings. The SMILES string of the molecule is O=C([O-])[O-].O=P([O-])([O-])[O-].[Ca+2].[F-]. The maximum Gasteiger partial charge on any atom is 2.00 e. The number of hydrogen-bond donors (Lipinski definition) is 0. The van der Waals surface area contributed by atoms with Gasteiger partial charge in [-0.25, -0.2) is 0 Å². The monoisotopic (exact) mass is 214 g/mol. The Labute approximate surface area is 90.3 Å². The van der Waals surface area contributed by atoms with E-state index in [9.17, 15) is 0 Å². The van der Waals surface area contributed by atoms with E-state index in [2.05, 4.69) is 0 Å². The summed E-state index contributed by atoms with van der Waals surface area (Å²) in [5, 5.41) is 16.7. The normalized spacial score (nSPS) is 7.55. The molecule has 11 heavy (non-hydrogen) atoms. The van der Waals surface area contributed by atoms with Crippen LogP contribution in [-0.4, -0.2) is 43.9 Å². The zero-order chi connectivity index (χ0) is 8.08. The van der Waals surface area contributed by atoms with Crippen LogP contribution in [0.3, 0.4) is 0 Å². The molecule has 0 saturated heterocycles. The molecule has 0 aliphatic carbocycles. The predicted octanol–water partition coefficient (Wildman–Crippen LogP) is -8.65. The number of carbonyl (C=O) groups is 1. The van der Waals surface area contributed by atoms with Crippen molar-refractivity contribution in [3.05, 3.63) is 0 Å². The van der Waals surface area contributed by atoms with Crippen LogP contribution < -0.4 is 29.6 Å². The molecule has 7 nitrogen and oxygen atoms in total. The summed E-state index contributed by atoms with van der Waals surface area (Å²) in [5.41, 5.74) is 0. The standard InChI is InChI=1S/CH2O3.Ca.FH.H3O4P/c2-1(3)4;;;1-5(2,3)4/h(H2,2,3,4);;1H;(H3,1,2,3,4)/q;+2;;/p-6. The van der Waals surface area contributed by atoms with Crippen molar-refractivity contribution in [2.75, 3.05) is 0 Å². The molecule has 0 aliphatic rings. The second kappa shape index (κ2) is 10.6. The molecule has 0 N–H and O–H groups in total. The molecule has 0 radical (unpaired) electrons. The third-order valence-corrected chi connectivity index (χ3v) is 0. The molecule has 10 heteroatoms. The van der Waals surface area contributed by atoms with Crippen LogP contribution in [0, 0.1) is 0 Å². The van der Waals surface area contributed by atoms with Gasteiger partial charge in [0.25, 0.3) is 0 Å². The molecule has 0 unspecified atom stereocenters. The van der Waals surface area contributed by atoms with Crippen molar-refractivity contribution in [2.24, 2.45) is 0 Å². The first-order valence-electron chi connectivity index (χ1n) is 1.34. The Morgan fingerprint density at radius 3 is 1.09 bits per heavy atom. The van der Waals surface area contributed by atoms with Crippen molar-refractivity contribution in [1.29, 1.82) is 0 Å². The maximum atomic E-state index is 8.55. The maximum absolute atomic E-state index is 8.55. The van der Waals surface area contributed by atoms with E-state index in [1.807, 2.05) is 0 Å². The average Bonchev–Trinajstić information content (AvgIpc) is 1.19.